The molecule has 0 spiro atoms. The summed E-state index contributed by atoms with van der Waals surface area (Å²) in [5, 5.41) is 12.1. The van der Waals surface area contributed by atoms with Crippen molar-refractivity contribution in [2.24, 2.45) is 11.8 Å². The van der Waals surface area contributed by atoms with E-state index in [0.717, 1.165) is 19.4 Å². The lowest BCUT2D eigenvalue weighted by Gasteiger charge is -2.30. The van der Waals surface area contributed by atoms with E-state index >= 15 is 0 Å². The Morgan fingerprint density at radius 3 is 2.20 bits per heavy atom. The van der Waals surface area contributed by atoms with Gasteiger partial charge in [0, 0.05) is 17.2 Å². The maximum absolute atomic E-state index is 12.2. The van der Waals surface area contributed by atoms with E-state index in [0.29, 0.717) is 12.8 Å². The van der Waals surface area contributed by atoms with E-state index in [2.05, 4.69) is 11.6 Å². The normalized spacial score (nSPS) is 29.1. The molecule has 4 nitrogen and oxygen atoms in total. The molecular weight excluding hydrogens is 274 g/mol. The van der Waals surface area contributed by atoms with Crippen molar-refractivity contribution in [3.8, 4) is 0 Å². The van der Waals surface area contributed by atoms with Gasteiger partial charge in [0.15, 0.2) is 0 Å². The van der Waals surface area contributed by atoms with Crippen molar-refractivity contribution in [3.05, 3.63) is 0 Å². The second kappa shape index (κ2) is 6.83. The van der Waals surface area contributed by atoms with Gasteiger partial charge in [-0.05, 0) is 44.8 Å². The van der Waals surface area contributed by atoms with Crippen LogP contribution in [0.4, 0.5) is 0 Å². The minimum absolute atomic E-state index is 0.0194. The van der Waals surface area contributed by atoms with Crippen LogP contribution < -0.4 is 5.32 Å². The van der Waals surface area contributed by atoms with Crippen LogP contribution in [-0.2, 0) is 9.59 Å². The maximum Gasteiger partial charge on any atom is 0.306 e. The van der Waals surface area contributed by atoms with E-state index in [9.17, 15) is 9.59 Å². The van der Waals surface area contributed by atoms with Gasteiger partial charge < -0.3 is 10.4 Å². The van der Waals surface area contributed by atoms with E-state index < -0.39 is 5.97 Å². The molecule has 2 N–H and O–H groups in total. The number of aliphatic carboxylic acids is 1. The number of carboxylic acids is 1. The van der Waals surface area contributed by atoms with Crippen LogP contribution in [0.2, 0.25) is 0 Å². The highest BCUT2D eigenvalue weighted by atomic mass is 32.2. The Bertz CT molecular complexity index is 358. The van der Waals surface area contributed by atoms with Crippen LogP contribution >= 0.6 is 11.8 Å². The molecule has 0 aromatic heterocycles. The zero-order valence-electron chi connectivity index (χ0n) is 12.2. The van der Waals surface area contributed by atoms with Crippen LogP contribution in [-0.4, -0.2) is 34.5 Å². The highest BCUT2D eigenvalue weighted by Gasteiger charge is 2.35. The predicted octanol–water partition coefficient (Wildman–Crippen LogP) is 2.67. The molecule has 0 unspecified atom stereocenters. The smallest absolute Gasteiger partial charge is 0.306 e. The van der Waals surface area contributed by atoms with Gasteiger partial charge in [-0.3, -0.25) is 9.59 Å². The summed E-state index contributed by atoms with van der Waals surface area (Å²) in [6.07, 6.45) is 9.77. The standard InChI is InChI=1S/C15H25NO3S/c1-20-15(8-2-3-9-15)10-16-13(17)11-4-6-12(7-5-11)14(18)19/h11-12H,2-10H2,1H3,(H,16,17)(H,18,19). The number of carbonyl (C=O) groups excluding carboxylic acids is 1. The van der Waals surface area contributed by atoms with Crippen LogP contribution in [0.1, 0.15) is 51.4 Å². The van der Waals surface area contributed by atoms with Gasteiger partial charge in [0.2, 0.25) is 5.91 Å². The topological polar surface area (TPSA) is 66.4 Å². The Morgan fingerprint density at radius 1 is 1.15 bits per heavy atom. The minimum Gasteiger partial charge on any atom is -0.481 e. The van der Waals surface area contributed by atoms with E-state index in [4.69, 9.17) is 5.11 Å². The van der Waals surface area contributed by atoms with Crippen molar-refractivity contribution in [2.75, 3.05) is 12.8 Å². The first-order valence-corrected chi connectivity index (χ1v) is 8.84. The van der Waals surface area contributed by atoms with E-state index in [-0.39, 0.29) is 22.5 Å². The van der Waals surface area contributed by atoms with Crippen LogP contribution in [0.25, 0.3) is 0 Å². The van der Waals surface area contributed by atoms with Gasteiger partial charge in [0.05, 0.1) is 5.92 Å². The van der Waals surface area contributed by atoms with Gasteiger partial charge in [-0.2, -0.15) is 11.8 Å². The molecule has 0 bridgehead atoms. The Hall–Kier alpha value is -0.710. The number of nitrogens with one attached hydrogen (secondary N) is 1. The third-order valence-electron chi connectivity index (χ3n) is 4.98. The van der Waals surface area contributed by atoms with Crippen molar-refractivity contribution in [1.82, 2.24) is 5.32 Å². The number of carboxylic acid groups (broad SMARTS) is 1. The zero-order chi connectivity index (χ0) is 14.6. The number of amides is 1. The molecule has 0 saturated heterocycles. The maximum atomic E-state index is 12.2. The fourth-order valence-electron chi connectivity index (χ4n) is 3.47. The predicted molar refractivity (Wildman–Crippen MR) is 80.8 cm³/mol. The summed E-state index contributed by atoms with van der Waals surface area (Å²) in [7, 11) is 0. The Balaban J connectivity index is 1.77. The Kier molecular flexibility index (Phi) is 5.35. The molecule has 114 valence electrons. The molecule has 2 fully saturated rings. The average molecular weight is 299 g/mol. The first-order valence-electron chi connectivity index (χ1n) is 7.62. The quantitative estimate of drug-likeness (QED) is 0.819. The average Bonchev–Trinajstić information content (AvgIpc) is 2.94. The summed E-state index contributed by atoms with van der Waals surface area (Å²) in [5.41, 5.74) is 0. The largest absolute Gasteiger partial charge is 0.481 e. The highest BCUT2D eigenvalue weighted by molar-refractivity contribution is 8.00. The monoisotopic (exact) mass is 299 g/mol. The summed E-state index contributed by atoms with van der Waals surface area (Å²) in [6, 6.07) is 0. The molecule has 0 aliphatic heterocycles. The second-order valence-electron chi connectivity index (χ2n) is 6.20. The SMILES string of the molecule is CSC1(CNC(=O)C2CCC(C(=O)O)CC2)CCCC1. The number of hydrogen-bond acceptors (Lipinski definition) is 3. The van der Waals surface area contributed by atoms with E-state index in [1.807, 2.05) is 11.8 Å². The summed E-state index contributed by atoms with van der Waals surface area (Å²) in [6.45, 7) is 0.770. The molecule has 0 radical (unpaired) electrons. The Morgan fingerprint density at radius 2 is 1.70 bits per heavy atom. The zero-order valence-corrected chi connectivity index (χ0v) is 13.0. The van der Waals surface area contributed by atoms with Crippen molar-refractivity contribution in [1.29, 1.82) is 0 Å². The van der Waals surface area contributed by atoms with Gasteiger partial charge in [-0.25, -0.2) is 0 Å². The molecule has 2 rings (SSSR count). The lowest BCUT2D eigenvalue weighted by atomic mass is 9.81. The minimum atomic E-state index is -0.712. The van der Waals surface area contributed by atoms with Crippen LogP contribution in [0.3, 0.4) is 0 Å². The van der Waals surface area contributed by atoms with Crippen molar-refractivity contribution in [3.63, 3.8) is 0 Å². The first kappa shape index (κ1) is 15.7. The molecule has 2 saturated carbocycles. The molecule has 0 heterocycles. The van der Waals surface area contributed by atoms with Gasteiger partial charge in [0.25, 0.3) is 0 Å². The van der Waals surface area contributed by atoms with E-state index in [1.54, 1.807) is 0 Å². The Labute approximate surface area is 125 Å². The van der Waals surface area contributed by atoms with Crippen LogP contribution in [0.15, 0.2) is 0 Å². The van der Waals surface area contributed by atoms with Crippen LogP contribution in [0, 0.1) is 11.8 Å². The van der Waals surface area contributed by atoms with Gasteiger partial charge >= 0.3 is 5.97 Å². The molecule has 2 aliphatic rings. The molecule has 0 aromatic rings. The van der Waals surface area contributed by atoms with Crippen LogP contribution in [0.5, 0.6) is 0 Å². The number of thioether (sulfide) groups is 1. The lowest BCUT2D eigenvalue weighted by molar-refractivity contribution is -0.144. The molecule has 1 amide bonds. The summed E-state index contributed by atoms with van der Waals surface area (Å²) in [5.74, 6) is -0.803. The molecule has 2 aliphatic carbocycles. The third-order valence-corrected chi connectivity index (χ3v) is 6.40. The van der Waals surface area contributed by atoms with Crippen molar-refractivity contribution < 1.29 is 14.7 Å². The number of carbonyl (C=O) groups is 2. The summed E-state index contributed by atoms with van der Waals surface area (Å²) in [4.78, 5) is 23.1. The lowest BCUT2D eigenvalue weighted by Crippen LogP contribution is -2.42. The molecule has 20 heavy (non-hydrogen) atoms. The molecule has 5 heteroatoms. The number of rotatable bonds is 5. The fourth-order valence-corrected chi connectivity index (χ4v) is 4.38. The fraction of sp³-hybridized carbons (Fsp3) is 0.867. The molecular formula is C15H25NO3S. The first-order chi connectivity index (χ1) is 9.56. The summed E-state index contributed by atoms with van der Waals surface area (Å²) >= 11 is 1.88. The highest BCUT2D eigenvalue weighted by Crippen LogP contribution is 2.39. The van der Waals surface area contributed by atoms with Gasteiger partial charge in [0.1, 0.15) is 0 Å². The third kappa shape index (κ3) is 3.68. The van der Waals surface area contributed by atoms with Gasteiger partial charge in [-0.1, -0.05) is 12.8 Å². The second-order valence-corrected chi connectivity index (χ2v) is 7.47. The number of hydrogen-bond donors (Lipinski definition) is 2. The van der Waals surface area contributed by atoms with E-state index in [1.165, 1.54) is 25.7 Å². The van der Waals surface area contributed by atoms with Crippen molar-refractivity contribution in [2.45, 2.75) is 56.1 Å². The molecule has 0 atom stereocenters. The summed E-state index contributed by atoms with van der Waals surface area (Å²) < 4.78 is 0.244. The van der Waals surface area contributed by atoms with Crippen molar-refractivity contribution >= 4 is 23.6 Å². The van der Waals surface area contributed by atoms with Gasteiger partial charge in [-0.15, -0.1) is 0 Å². The molecule has 0 aromatic carbocycles.